The van der Waals surface area contributed by atoms with Crippen LogP contribution in [0.3, 0.4) is 0 Å². The molecule has 2 saturated heterocycles. The molecule has 3 rings (SSSR count). The predicted octanol–water partition coefficient (Wildman–Crippen LogP) is 1.10. The van der Waals surface area contributed by atoms with Gasteiger partial charge in [-0.25, -0.2) is 8.42 Å². The lowest BCUT2D eigenvalue weighted by atomic mass is 10.2. The van der Waals surface area contributed by atoms with Gasteiger partial charge in [-0.15, -0.1) is 0 Å². The van der Waals surface area contributed by atoms with Crippen LogP contribution in [0.25, 0.3) is 0 Å². The van der Waals surface area contributed by atoms with E-state index in [2.05, 4.69) is 10.3 Å². The zero-order valence-electron chi connectivity index (χ0n) is 13.1. The van der Waals surface area contributed by atoms with E-state index in [1.54, 1.807) is 0 Å². The Balaban J connectivity index is 1.63. The Bertz CT molecular complexity index is 643. The van der Waals surface area contributed by atoms with Crippen LogP contribution in [0.2, 0.25) is 0 Å². The molecule has 2 aliphatic heterocycles. The largest absolute Gasteiger partial charge is 0.376 e. The number of aromatic amines is 1. The van der Waals surface area contributed by atoms with Crippen LogP contribution in [-0.2, 0) is 14.8 Å². The highest BCUT2D eigenvalue weighted by molar-refractivity contribution is 7.89. The van der Waals surface area contributed by atoms with Crippen LogP contribution >= 0.6 is 0 Å². The highest BCUT2D eigenvalue weighted by Crippen LogP contribution is 2.21. The Kier molecular flexibility index (Phi) is 5.03. The third-order valence-electron chi connectivity index (χ3n) is 4.37. The Hall–Kier alpha value is -1.38. The van der Waals surface area contributed by atoms with Gasteiger partial charge in [0, 0.05) is 32.4 Å². The SMILES string of the molecule is O=C(NCC1CCCO1)c1cc(S(=O)(=O)N2CCCCC2)c[nH]1. The minimum absolute atomic E-state index is 0.0606. The van der Waals surface area contributed by atoms with Crippen molar-refractivity contribution >= 4 is 15.9 Å². The third-order valence-corrected chi connectivity index (χ3v) is 6.24. The fourth-order valence-corrected chi connectivity index (χ4v) is 4.53. The van der Waals surface area contributed by atoms with Crippen LogP contribution in [0, 0.1) is 0 Å². The van der Waals surface area contributed by atoms with Crippen LogP contribution < -0.4 is 5.32 Å². The molecule has 0 spiro atoms. The van der Waals surface area contributed by atoms with E-state index in [0.717, 1.165) is 38.7 Å². The zero-order chi connectivity index (χ0) is 16.3. The number of carbonyl (C=O) groups is 1. The van der Waals surface area contributed by atoms with Crippen molar-refractivity contribution in [3.05, 3.63) is 18.0 Å². The molecule has 0 bridgehead atoms. The highest BCUT2D eigenvalue weighted by Gasteiger charge is 2.27. The molecule has 8 heteroatoms. The van der Waals surface area contributed by atoms with Crippen molar-refractivity contribution < 1.29 is 17.9 Å². The number of hydrogen-bond donors (Lipinski definition) is 2. The second kappa shape index (κ2) is 7.02. The van der Waals surface area contributed by atoms with Crippen molar-refractivity contribution in [2.45, 2.75) is 43.1 Å². The minimum atomic E-state index is -3.51. The molecule has 2 fully saturated rings. The number of sulfonamides is 1. The van der Waals surface area contributed by atoms with E-state index in [0.29, 0.717) is 19.6 Å². The Morgan fingerprint density at radius 3 is 2.78 bits per heavy atom. The molecule has 1 aromatic rings. The number of piperidine rings is 1. The molecule has 7 nitrogen and oxygen atoms in total. The van der Waals surface area contributed by atoms with Gasteiger partial charge < -0.3 is 15.0 Å². The Labute approximate surface area is 136 Å². The van der Waals surface area contributed by atoms with E-state index in [-0.39, 0.29) is 22.6 Å². The fraction of sp³-hybridized carbons (Fsp3) is 0.667. The van der Waals surface area contributed by atoms with E-state index < -0.39 is 10.0 Å². The van der Waals surface area contributed by atoms with Gasteiger partial charge in [-0.3, -0.25) is 4.79 Å². The van der Waals surface area contributed by atoms with Gasteiger partial charge in [-0.2, -0.15) is 4.31 Å². The summed E-state index contributed by atoms with van der Waals surface area (Å²) < 4.78 is 32.0. The number of nitrogens with zero attached hydrogens (tertiary/aromatic N) is 1. The van der Waals surface area contributed by atoms with Gasteiger partial charge in [-0.1, -0.05) is 6.42 Å². The normalized spacial score (nSPS) is 23.0. The Morgan fingerprint density at radius 1 is 1.30 bits per heavy atom. The van der Waals surface area contributed by atoms with Crippen molar-refractivity contribution in [3.8, 4) is 0 Å². The van der Waals surface area contributed by atoms with Crippen molar-refractivity contribution in [2.75, 3.05) is 26.2 Å². The maximum Gasteiger partial charge on any atom is 0.267 e. The summed E-state index contributed by atoms with van der Waals surface area (Å²) in [4.78, 5) is 15.0. The molecule has 23 heavy (non-hydrogen) atoms. The molecule has 128 valence electrons. The smallest absolute Gasteiger partial charge is 0.267 e. The van der Waals surface area contributed by atoms with Gasteiger partial charge in [0.1, 0.15) is 10.6 Å². The molecule has 1 atom stereocenters. The van der Waals surface area contributed by atoms with E-state index in [1.165, 1.54) is 16.6 Å². The predicted molar refractivity (Wildman–Crippen MR) is 84.7 cm³/mol. The summed E-state index contributed by atoms with van der Waals surface area (Å²) in [5.41, 5.74) is 0.263. The summed E-state index contributed by atoms with van der Waals surface area (Å²) in [7, 11) is -3.51. The zero-order valence-corrected chi connectivity index (χ0v) is 13.9. The monoisotopic (exact) mass is 341 g/mol. The van der Waals surface area contributed by atoms with E-state index in [4.69, 9.17) is 4.74 Å². The maximum atomic E-state index is 12.5. The standard InChI is InChI=1S/C15H23N3O4S/c19-15(17-10-12-5-4-8-22-12)14-9-13(11-16-14)23(20,21)18-6-2-1-3-7-18/h9,11-12,16H,1-8,10H2,(H,17,19). The van der Waals surface area contributed by atoms with Gasteiger partial charge in [0.15, 0.2) is 0 Å². The number of aromatic nitrogens is 1. The summed E-state index contributed by atoms with van der Waals surface area (Å²) in [6.45, 7) is 2.29. The number of amides is 1. The maximum absolute atomic E-state index is 12.5. The molecular weight excluding hydrogens is 318 g/mol. The second-order valence-corrected chi connectivity index (χ2v) is 8.00. The lowest BCUT2D eigenvalue weighted by Crippen LogP contribution is -2.35. The first-order valence-corrected chi connectivity index (χ1v) is 9.60. The molecule has 2 aliphatic rings. The molecule has 0 aliphatic carbocycles. The first kappa shape index (κ1) is 16.5. The van der Waals surface area contributed by atoms with E-state index in [9.17, 15) is 13.2 Å². The van der Waals surface area contributed by atoms with Crippen LogP contribution in [-0.4, -0.2) is 56.0 Å². The quantitative estimate of drug-likeness (QED) is 0.839. The van der Waals surface area contributed by atoms with Crippen molar-refractivity contribution in [1.29, 1.82) is 0 Å². The summed E-state index contributed by atoms with van der Waals surface area (Å²) >= 11 is 0. The van der Waals surface area contributed by atoms with Crippen molar-refractivity contribution in [2.24, 2.45) is 0 Å². The number of H-pyrrole nitrogens is 1. The summed E-state index contributed by atoms with van der Waals surface area (Å²) in [5.74, 6) is -0.305. The van der Waals surface area contributed by atoms with E-state index in [1.807, 2.05) is 0 Å². The highest BCUT2D eigenvalue weighted by atomic mass is 32.2. The second-order valence-electron chi connectivity index (χ2n) is 6.06. The molecule has 1 unspecified atom stereocenters. The minimum Gasteiger partial charge on any atom is -0.376 e. The van der Waals surface area contributed by atoms with Gasteiger partial charge in [-0.05, 0) is 31.7 Å². The average Bonchev–Trinajstić information content (AvgIpc) is 3.25. The molecule has 1 aromatic heterocycles. The lowest BCUT2D eigenvalue weighted by molar-refractivity contribution is 0.0854. The molecule has 1 amide bonds. The first-order chi connectivity index (χ1) is 11.1. The van der Waals surface area contributed by atoms with Crippen LogP contribution in [0.5, 0.6) is 0 Å². The number of carbonyl (C=O) groups excluding carboxylic acids is 1. The molecular formula is C15H23N3O4S. The topological polar surface area (TPSA) is 91.5 Å². The summed E-state index contributed by atoms with van der Waals surface area (Å²) in [6.07, 6.45) is 6.25. The third kappa shape index (κ3) is 3.76. The number of ether oxygens (including phenoxy) is 1. The van der Waals surface area contributed by atoms with Gasteiger partial charge in [0.25, 0.3) is 5.91 Å². The number of rotatable bonds is 5. The fourth-order valence-electron chi connectivity index (χ4n) is 3.02. The molecule has 3 heterocycles. The van der Waals surface area contributed by atoms with E-state index >= 15 is 0 Å². The summed E-state index contributed by atoms with van der Waals surface area (Å²) in [6, 6.07) is 1.41. The van der Waals surface area contributed by atoms with Crippen LogP contribution in [0.4, 0.5) is 0 Å². The van der Waals surface area contributed by atoms with Crippen LogP contribution in [0.1, 0.15) is 42.6 Å². The molecule has 0 saturated carbocycles. The van der Waals surface area contributed by atoms with Crippen molar-refractivity contribution in [3.63, 3.8) is 0 Å². The molecule has 0 aromatic carbocycles. The van der Waals surface area contributed by atoms with Gasteiger partial charge >= 0.3 is 0 Å². The van der Waals surface area contributed by atoms with Gasteiger partial charge in [0.2, 0.25) is 10.0 Å². The summed E-state index contributed by atoms with van der Waals surface area (Å²) in [5, 5.41) is 2.78. The van der Waals surface area contributed by atoms with Crippen molar-refractivity contribution in [1.82, 2.24) is 14.6 Å². The average molecular weight is 341 g/mol. The first-order valence-electron chi connectivity index (χ1n) is 8.16. The number of hydrogen-bond acceptors (Lipinski definition) is 4. The van der Waals surface area contributed by atoms with Crippen LogP contribution in [0.15, 0.2) is 17.2 Å². The molecule has 0 radical (unpaired) electrons. The molecule has 2 N–H and O–H groups in total. The number of nitrogens with one attached hydrogen (secondary N) is 2. The van der Waals surface area contributed by atoms with Gasteiger partial charge in [0.05, 0.1) is 6.10 Å². The Morgan fingerprint density at radius 2 is 2.09 bits per heavy atom. The lowest BCUT2D eigenvalue weighted by Gasteiger charge is -2.25.